The summed E-state index contributed by atoms with van der Waals surface area (Å²) in [5, 5.41) is 7.82. The molecule has 136 valence electrons. The number of benzene rings is 1. The molecule has 4 heteroatoms. The number of hydrogen-bond acceptors (Lipinski definition) is 2. The summed E-state index contributed by atoms with van der Waals surface area (Å²) >= 11 is 0. The van der Waals surface area contributed by atoms with E-state index in [1.807, 2.05) is 29.8 Å². The lowest BCUT2D eigenvalue weighted by molar-refractivity contribution is -0.121. The maximum absolute atomic E-state index is 12.7. The van der Waals surface area contributed by atoms with E-state index in [4.69, 9.17) is 0 Å². The van der Waals surface area contributed by atoms with Crippen LogP contribution in [0.15, 0.2) is 30.3 Å². The summed E-state index contributed by atoms with van der Waals surface area (Å²) in [4.78, 5) is 12.7. The fourth-order valence-corrected chi connectivity index (χ4v) is 3.19. The summed E-state index contributed by atoms with van der Waals surface area (Å²) in [6.45, 7) is 13.6. The molecule has 25 heavy (non-hydrogen) atoms. The van der Waals surface area contributed by atoms with Gasteiger partial charge < -0.3 is 5.32 Å². The Labute approximate surface area is 151 Å². The molecule has 1 aromatic heterocycles. The molecule has 0 radical (unpaired) electrons. The van der Waals surface area contributed by atoms with Crippen molar-refractivity contribution in [2.75, 3.05) is 0 Å². The number of hydrogen-bond donors (Lipinski definition) is 1. The van der Waals surface area contributed by atoms with Crippen LogP contribution in [0, 0.1) is 25.7 Å². The van der Waals surface area contributed by atoms with E-state index < -0.39 is 0 Å². The van der Waals surface area contributed by atoms with Crippen molar-refractivity contribution in [3.05, 3.63) is 52.8 Å². The zero-order valence-corrected chi connectivity index (χ0v) is 16.3. The molecule has 0 saturated carbocycles. The van der Waals surface area contributed by atoms with Gasteiger partial charge in [-0.25, -0.2) is 0 Å². The molecule has 2 rings (SSSR count). The Balaban J connectivity index is 2.13. The maximum atomic E-state index is 12.7. The van der Waals surface area contributed by atoms with Crippen LogP contribution in [0.2, 0.25) is 0 Å². The first-order valence-corrected chi connectivity index (χ1v) is 9.16. The van der Waals surface area contributed by atoms with Crippen LogP contribution in [0.3, 0.4) is 0 Å². The van der Waals surface area contributed by atoms with Crippen molar-refractivity contribution in [3.8, 4) is 0 Å². The van der Waals surface area contributed by atoms with Crippen LogP contribution in [0.4, 0.5) is 0 Å². The Bertz CT molecular complexity index is 701. The van der Waals surface area contributed by atoms with E-state index in [1.54, 1.807) is 0 Å². The highest BCUT2D eigenvalue weighted by Crippen LogP contribution is 2.22. The zero-order chi connectivity index (χ0) is 18.6. The van der Waals surface area contributed by atoms with Gasteiger partial charge in [-0.2, -0.15) is 5.10 Å². The van der Waals surface area contributed by atoms with Gasteiger partial charge >= 0.3 is 0 Å². The van der Waals surface area contributed by atoms with Crippen molar-refractivity contribution in [2.45, 2.75) is 60.5 Å². The lowest BCUT2D eigenvalue weighted by Gasteiger charge is -2.23. The Kier molecular flexibility index (Phi) is 6.40. The maximum Gasteiger partial charge on any atom is 0.225 e. The zero-order valence-electron chi connectivity index (χ0n) is 16.3. The van der Waals surface area contributed by atoms with Crippen molar-refractivity contribution in [1.82, 2.24) is 15.1 Å². The molecular weight excluding hydrogens is 310 g/mol. The summed E-state index contributed by atoms with van der Waals surface area (Å²) in [6, 6.07) is 10.2. The topological polar surface area (TPSA) is 46.9 Å². The summed E-state index contributed by atoms with van der Waals surface area (Å²) < 4.78 is 2.03. The van der Waals surface area contributed by atoms with Gasteiger partial charge in [-0.3, -0.25) is 9.48 Å². The summed E-state index contributed by atoms with van der Waals surface area (Å²) in [5.74, 6) is 0.915. The smallest absolute Gasteiger partial charge is 0.225 e. The van der Waals surface area contributed by atoms with Crippen LogP contribution >= 0.6 is 0 Å². The number of amides is 1. The Hall–Kier alpha value is -2.10. The van der Waals surface area contributed by atoms with Crippen LogP contribution in [0.5, 0.6) is 0 Å². The van der Waals surface area contributed by atoms with E-state index in [-0.39, 0.29) is 11.9 Å². The van der Waals surface area contributed by atoms with Gasteiger partial charge in [0, 0.05) is 17.8 Å². The third-order valence-corrected chi connectivity index (χ3v) is 4.55. The van der Waals surface area contributed by atoms with E-state index in [1.165, 1.54) is 0 Å². The molecule has 1 amide bonds. The molecule has 1 heterocycles. The Morgan fingerprint density at radius 2 is 1.76 bits per heavy atom. The third kappa shape index (κ3) is 4.94. The molecule has 0 fully saturated rings. The normalized spacial score (nSPS) is 12.6. The van der Waals surface area contributed by atoms with Crippen molar-refractivity contribution < 1.29 is 4.79 Å². The second-order valence-electron chi connectivity index (χ2n) is 7.60. The van der Waals surface area contributed by atoms with Gasteiger partial charge in [0.25, 0.3) is 0 Å². The lowest BCUT2D eigenvalue weighted by atomic mass is 9.95. The van der Waals surface area contributed by atoms with E-state index in [0.29, 0.717) is 18.3 Å². The number of nitrogens with zero attached hydrogens (tertiary/aromatic N) is 2. The molecule has 0 aliphatic rings. The third-order valence-electron chi connectivity index (χ3n) is 4.55. The number of aromatic nitrogens is 2. The van der Waals surface area contributed by atoms with E-state index in [0.717, 1.165) is 29.1 Å². The van der Waals surface area contributed by atoms with Crippen LogP contribution in [0.1, 0.15) is 56.3 Å². The average molecular weight is 341 g/mol. The second kappa shape index (κ2) is 8.32. The van der Waals surface area contributed by atoms with E-state index in [9.17, 15) is 4.79 Å². The molecule has 0 saturated heterocycles. The average Bonchev–Trinajstić information content (AvgIpc) is 2.80. The minimum atomic E-state index is 0.0278. The molecule has 0 aliphatic heterocycles. The highest BCUT2D eigenvalue weighted by molar-refractivity contribution is 5.79. The first-order chi connectivity index (χ1) is 11.8. The van der Waals surface area contributed by atoms with E-state index in [2.05, 4.69) is 57.2 Å². The molecule has 2 aromatic rings. The molecule has 1 N–H and O–H groups in total. The molecule has 0 aliphatic carbocycles. The van der Waals surface area contributed by atoms with Crippen molar-refractivity contribution in [2.24, 2.45) is 11.8 Å². The predicted molar refractivity (Wildman–Crippen MR) is 102 cm³/mol. The highest BCUT2D eigenvalue weighted by Gasteiger charge is 2.20. The number of carbonyl (C=O) groups is 1. The molecule has 1 unspecified atom stereocenters. The van der Waals surface area contributed by atoms with Crippen LogP contribution in [0.25, 0.3) is 0 Å². The Morgan fingerprint density at radius 3 is 2.32 bits per heavy atom. The van der Waals surface area contributed by atoms with Gasteiger partial charge in [0.05, 0.1) is 18.2 Å². The quantitative estimate of drug-likeness (QED) is 0.820. The molecule has 0 bridgehead atoms. The first kappa shape index (κ1) is 19.2. The van der Waals surface area contributed by atoms with Crippen LogP contribution in [-0.2, 0) is 17.8 Å². The van der Waals surface area contributed by atoms with Crippen LogP contribution < -0.4 is 5.32 Å². The second-order valence-corrected chi connectivity index (χ2v) is 7.60. The van der Waals surface area contributed by atoms with Gasteiger partial charge in [0.1, 0.15) is 0 Å². The fourth-order valence-electron chi connectivity index (χ4n) is 3.19. The molecule has 1 aromatic carbocycles. The summed E-state index contributed by atoms with van der Waals surface area (Å²) in [7, 11) is 0. The number of nitrogens with one attached hydrogen (secondary N) is 1. The van der Waals surface area contributed by atoms with Crippen molar-refractivity contribution in [1.29, 1.82) is 0 Å². The first-order valence-electron chi connectivity index (χ1n) is 9.16. The minimum absolute atomic E-state index is 0.0278. The largest absolute Gasteiger partial charge is 0.349 e. The molecule has 1 atom stereocenters. The van der Waals surface area contributed by atoms with Crippen molar-refractivity contribution in [3.63, 3.8) is 0 Å². The standard InChI is InChI=1S/C21H31N3O/c1-14(2)13-24-17(6)19(16(5)23-24)12-20(25)22-21(15(3)4)18-10-8-7-9-11-18/h7-11,14-15,21H,12-13H2,1-6H3,(H,22,25). The van der Waals surface area contributed by atoms with Crippen LogP contribution in [-0.4, -0.2) is 15.7 Å². The fraction of sp³-hybridized carbons (Fsp3) is 0.524. The highest BCUT2D eigenvalue weighted by atomic mass is 16.1. The molecular formula is C21H31N3O. The van der Waals surface area contributed by atoms with Gasteiger partial charge in [-0.05, 0) is 31.2 Å². The van der Waals surface area contributed by atoms with Gasteiger partial charge in [0.15, 0.2) is 0 Å². The number of rotatable bonds is 7. The SMILES string of the molecule is Cc1nn(CC(C)C)c(C)c1CC(=O)NC(c1ccccc1)C(C)C. The number of carbonyl (C=O) groups excluding carboxylic acids is 1. The predicted octanol–water partition coefficient (Wildman–Crippen LogP) is 4.21. The lowest BCUT2D eigenvalue weighted by Crippen LogP contribution is -2.33. The summed E-state index contributed by atoms with van der Waals surface area (Å²) in [6.07, 6.45) is 0.381. The number of aryl methyl sites for hydroxylation is 1. The molecule has 0 spiro atoms. The monoisotopic (exact) mass is 341 g/mol. The molecule has 4 nitrogen and oxygen atoms in total. The van der Waals surface area contributed by atoms with Crippen molar-refractivity contribution >= 4 is 5.91 Å². The van der Waals surface area contributed by atoms with Gasteiger partial charge in [-0.1, -0.05) is 58.0 Å². The van der Waals surface area contributed by atoms with Gasteiger partial charge in [0.2, 0.25) is 5.91 Å². The van der Waals surface area contributed by atoms with E-state index >= 15 is 0 Å². The Morgan fingerprint density at radius 1 is 1.12 bits per heavy atom. The summed E-state index contributed by atoms with van der Waals surface area (Å²) in [5.41, 5.74) is 4.25. The van der Waals surface area contributed by atoms with Gasteiger partial charge in [-0.15, -0.1) is 0 Å². The minimum Gasteiger partial charge on any atom is -0.349 e.